The van der Waals surface area contributed by atoms with Crippen molar-refractivity contribution in [3.8, 4) is 5.75 Å². The van der Waals surface area contributed by atoms with E-state index in [1.807, 2.05) is 30.3 Å². The van der Waals surface area contributed by atoms with Gasteiger partial charge >= 0.3 is 5.97 Å². The van der Waals surface area contributed by atoms with Gasteiger partial charge in [-0.2, -0.15) is 0 Å². The molecule has 19 heavy (non-hydrogen) atoms. The van der Waals surface area contributed by atoms with Gasteiger partial charge in [-0.05, 0) is 23.1 Å². The Labute approximate surface area is 114 Å². The summed E-state index contributed by atoms with van der Waals surface area (Å²) in [5.74, 6) is 0.0404. The van der Waals surface area contributed by atoms with Crippen LogP contribution in [-0.2, 0) is 6.54 Å². The van der Waals surface area contributed by atoms with Crippen LogP contribution in [0.25, 0.3) is 0 Å². The molecule has 0 saturated heterocycles. The Kier molecular flexibility index (Phi) is 3.23. The first-order chi connectivity index (χ1) is 9.25. The van der Waals surface area contributed by atoms with Crippen molar-refractivity contribution >= 4 is 17.3 Å². The molecule has 98 valence electrons. The Balaban J connectivity index is 1.71. The number of hydrogen-bond acceptors (Lipinski definition) is 4. The van der Waals surface area contributed by atoms with E-state index >= 15 is 0 Å². The Morgan fingerprint density at radius 1 is 1.42 bits per heavy atom. The second-order valence-corrected chi connectivity index (χ2v) is 5.28. The van der Waals surface area contributed by atoms with Crippen molar-refractivity contribution in [3.05, 3.63) is 51.7 Å². The first-order valence-electron chi connectivity index (χ1n) is 6.00. The zero-order valence-corrected chi connectivity index (χ0v) is 10.9. The molecule has 4 nitrogen and oxygen atoms in total. The summed E-state index contributed by atoms with van der Waals surface area (Å²) in [6, 6.07) is 9.88. The summed E-state index contributed by atoms with van der Waals surface area (Å²) >= 11 is 1.25. The van der Waals surface area contributed by atoms with Crippen molar-refractivity contribution < 1.29 is 14.6 Å². The molecule has 0 amide bonds. The lowest BCUT2D eigenvalue weighted by molar-refractivity contribution is 0.0701. The quantitative estimate of drug-likeness (QED) is 0.900. The summed E-state index contributed by atoms with van der Waals surface area (Å²) in [6.07, 6.45) is 0. The van der Waals surface area contributed by atoms with Crippen molar-refractivity contribution in [3.63, 3.8) is 0 Å². The molecule has 1 atom stereocenters. The SMILES string of the molecule is O=C(O)c1sccc1CNC1COc2ccccc21. The lowest BCUT2D eigenvalue weighted by atomic mass is 10.1. The van der Waals surface area contributed by atoms with Crippen LogP contribution in [0.3, 0.4) is 0 Å². The number of carboxylic acid groups (broad SMARTS) is 1. The van der Waals surface area contributed by atoms with Gasteiger partial charge in [0, 0.05) is 12.1 Å². The summed E-state index contributed by atoms with van der Waals surface area (Å²) in [4.78, 5) is 11.4. The second kappa shape index (κ2) is 5.03. The predicted octanol–water partition coefficient (Wildman–Crippen LogP) is 2.67. The average molecular weight is 275 g/mol. The van der Waals surface area contributed by atoms with Gasteiger partial charge in [-0.3, -0.25) is 0 Å². The fourth-order valence-electron chi connectivity index (χ4n) is 2.23. The number of fused-ring (bicyclic) bond motifs is 1. The highest BCUT2D eigenvalue weighted by Gasteiger charge is 2.23. The zero-order valence-electron chi connectivity index (χ0n) is 10.1. The molecule has 3 rings (SSSR count). The number of carboxylic acids is 1. The molecular formula is C14H13NO3S. The van der Waals surface area contributed by atoms with Gasteiger partial charge in [-0.1, -0.05) is 18.2 Å². The number of para-hydroxylation sites is 1. The molecule has 2 aromatic rings. The van der Waals surface area contributed by atoms with Crippen molar-refractivity contribution in [2.24, 2.45) is 0 Å². The maximum atomic E-state index is 11.0. The molecule has 5 heteroatoms. The summed E-state index contributed by atoms with van der Waals surface area (Å²) < 4.78 is 5.58. The third-order valence-electron chi connectivity index (χ3n) is 3.18. The van der Waals surface area contributed by atoms with Crippen molar-refractivity contribution in [1.29, 1.82) is 0 Å². The standard InChI is InChI=1S/C14H13NO3S/c16-14(17)13-9(5-6-19-13)7-15-11-8-18-12-4-2-1-3-10(11)12/h1-6,11,15H,7-8H2,(H,16,17). The van der Waals surface area contributed by atoms with Crippen LogP contribution in [0.2, 0.25) is 0 Å². The van der Waals surface area contributed by atoms with E-state index in [0.717, 1.165) is 16.9 Å². The van der Waals surface area contributed by atoms with Crippen LogP contribution < -0.4 is 10.1 Å². The van der Waals surface area contributed by atoms with Gasteiger partial charge < -0.3 is 15.2 Å². The average Bonchev–Trinajstić information content (AvgIpc) is 3.03. The lowest BCUT2D eigenvalue weighted by Gasteiger charge is -2.11. The largest absolute Gasteiger partial charge is 0.491 e. The van der Waals surface area contributed by atoms with Crippen molar-refractivity contribution in [1.82, 2.24) is 5.32 Å². The molecule has 0 bridgehead atoms. The summed E-state index contributed by atoms with van der Waals surface area (Å²) in [5, 5.41) is 14.2. The Morgan fingerprint density at radius 2 is 2.26 bits per heavy atom. The minimum absolute atomic E-state index is 0.123. The number of aromatic carboxylic acids is 1. The lowest BCUT2D eigenvalue weighted by Crippen LogP contribution is -2.22. The molecule has 1 unspecified atom stereocenters. The number of nitrogens with one attached hydrogen (secondary N) is 1. The predicted molar refractivity (Wildman–Crippen MR) is 72.8 cm³/mol. The molecule has 1 aliphatic heterocycles. The van der Waals surface area contributed by atoms with E-state index in [2.05, 4.69) is 5.32 Å². The van der Waals surface area contributed by atoms with Gasteiger partial charge in [0.05, 0.1) is 6.04 Å². The summed E-state index contributed by atoms with van der Waals surface area (Å²) in [7, 11) is 0. The minimum atomic E-state index is -0.866. The number of carbonyl (C=O) groups is 1. The van der Waals surface area contributed by atoms with Gasteiger partial charge in [0.25, 0.3) is 0 Å². The number of rotatable bonds is 4. The Bertz CT molecular complexity index is 608. The highest BCUT2D eigenvalue weighted by Crippen LogP contribution is 2.32. The van der Waals surface area contributed by atoms with E-state index in [4.69, 9.17) is 9.84 Å². The van der Waals surface area contributed by atoms with E-state index in [-0.39, 0.29) is 6.04 Å². The van der Waals surface area contributed by atoms with Gasteiger partial charge in [0.15, 0.2) is 0 Å². The minimum Gasteiger partial charge on any atom is -0.491 e. The highest BCUT2D eigenvalue weighted by atomic mass is 32.1. The van der Waals surface area contributed by atoms with Crippen molar-refractivity contribution in [2.75, 3.05) is 6.61 Å². The highest BCUT2D eigenvalue weighted by molar-refractivity contribution is 7.12. The van der Waals surface area contributed by atoms with Crippen LogP contribution in [-0.4, -0.2) is 17.7 Å². The Morgan fingerprint density at radius 3 is 3.11 bits per heavy atom. The van der Waals surface area contributed by atoms with Gasteiger partial charge in [-0.15, -0.1) is 11.3 Å². The number of ether oxygens (including phenoxy) is 1. The normalized spacial score (nSPS) is 16.9. The third kappa shape index (κ3) is 2.34. The van der Waals surface area contributed by atoms with Crippen LogP contribution in [0, 0.1) is 0 Å². The molecule has 1 aromatic carbocycles. The maximum Gasteiger partial charge on any atom is 0.346 e. The van der Waals surface area contributed by atoms with Gasteiger partial charge in [0.2, 0.25) is 0 Å². The molecule has 0 saturated carbocycles. The van der Waals surface area contributed by atoms with Crippen LogP contribution in [0.5, 0.6) is 5.75 Å². The van der Waals surface area contributed by atoms with Crippen LogP contribution in [0.15, 0.2) is 35.7 Å². The smallest absolute Gasteiger partial charge is 0.346 e. The van der Waals surface area contributed by atoms with E-state index < -0.39 is 5.97 Å². The third-order valence-corrected chi connectivity index (χ3v) is 4.12. The second-order valence-electron chi connectivity index (χ2n) is 4.36. The summed E-state index contributed by atoms with van der Waals surface area (Å²) in [6.45, 7) is 1.12. The molecule has 0 spiro atoms. The zero-order chi connectivity index (χ0) is 13.2. The maximum absolute atomic E-state index is 11.0. The van der Waals surface area contributed by atoms with Crippen LogP contribution >= 0.6 is 11.3 Å². The first-order valence-corrected chi connectivity index (χ1v) is 6.88. The monoisotopic (exact) mass is 275 g/mol. The topological polar surface area (TPSA) is 58.6 Å². The first kappa shape index (κ1) is 12.2. The van der Waals surface area contributed by atoms with E-state index in [1.54, 1.807) is 5.38 Å². The molecule has 2 N–H and O–H groups in total. The van der Waals surface area contributed by atoms with Crippen LogP contribution in [0.4, 0.5) is 0 Å². The molecular weight excluding hydrogens is 262 g/mol. The fraction of sp³-hybridized carbons (Fsp3) is 0.214. The Hall–Kier alpha value is -1.85. The molecule has 0 aliphatic carbocycles. The fourth-order valence-corrected chi connectivity index (χ4v) is 2.99. The number of thiophene rings is 1. The van der Waals surface area contributed by atoms with Crippen molar-refractivity contribution in [2.45, 2.75) is 12.6 Å². The molecule has 0 fully saturated rings. The van der Waals surface area contributed by atoms with Gasteiger partial charge in [0.1, 0.15) is 17.2 Å². The van der Waals surface area contributed by atoms with Crippen LogP contribution in [0.1, 0.15) is 26.8 Å². The number of hydrogen-bond donors (Lipinski definition) is 2. The summed E-state index contributed by atoms with van der Waals surface area (Å²) in [5.41, 5.74) is 1.96. The molecule has 0 radical (unpaired) electrons. The van der Waals surface area contributed by atoms with E-state index in [1.165, 1.54) is 11.3 Å². The number of benzene rings is 1. The molecule has 1 aromatic heterocycles. The van der Waals surface area contributed by atoms with Gasteiger partial charge in [-0.25, -0.2) is 4.79 Å². The molecule has 1 aliphatic rings. The van der Waals surface area contributed by atoms with E-state index in [9.17, 15) is 4.79 Å². The van der Waals surface area contributed by atoms with E-state index in [0.29, 0.717) is 18.0 Å². The molecule has 2 heterocycles.